The summed E-state index contributed by atoms with van der Waals surface area (Å²) in [5.74, 6) is -2.09. The second-order valence-corrected chi connectivity index (χ2v) is 4.85. The second kappa shape index (κ2) is 5.03. The van der Waals surface area contributed by atoms with Gasteiger partial charge in [0.25, 0.3) is 0 Å². The van der Waals surface area contributed by atoms with Crippen LogP contribution in [0.15, 0.2) is 8.94 Å². The molecule has 0 fully saturated rings. The highest BCUT2D eigenvalue weighted by Crippen LogP contribution is 2.27. The van der Waals surface area contributed by atoms with Gasteiger partial charge in [0.05, 0.1) is 0 Å². The first-order chi connectivity index (χ1) is 7.41. The lowest BCUT2D eigenvalue weighted by Crippen LogP contribution is -2.16. The van der Waals surface area contributed by atoms with Crippen LogP contribution in [0.4, 0.5) is 5.13 Å². The first-order valence-electron chi connectivity index (χ1n) is 3.83. The average Bonchev–Trinajstić information content (AvgIpc) is 2.45. The minimum atomic E-state index is -1.37. The fraction of sp³-hybridized carbons (Fsp3) is 0.143. The van der Waals surface area contributed by atoms with Gasteiger partial charge in [0, 0.05) is 6.92 Å². The molecule has 1 rings (SSSR count). The second-order valence-electron chi connectivity index (χ2n) is 2.50. The van der Waals surface area contributed by atoms with E-state index in [4.69, 9.17) is 10.8 Å². The van der Waals surface area contributed by atoms with Gasteiger partial charge in [-0.2, -0.15) is 0 Å². The third-order valence-electron chi connectivity index (χ3n) is 1.29. The lowest BCUT2D eigenvalue weighted by atomic mass is 10.3. The molecule has 0 aliphatic heterocycles. The molecule has 7 nitrogen and oxygen atoms in total. The number of nitrogen functional groups attached to an aromatic ring is 1. The Kier molecular flexibility index (Phi) is 3.96. The summed E-state index contributed by atoms with van der Waals surface area (Å²) in [6, 6.07) is 0. The van der Waals surface area contributed by atoms with Crippen molar-refractivity contribution in [3.05, 3.63) is 9.48 Å². The topological polar surface area (TPSA) is 115 Å². The van der Waals surface area contributed by atoms with E-state index in [1.165, 1.54) is 0 Å². The number of halogens is 1. The first kappa shape index (κ1) is 12.6. The SMILES string of the molecule is CC(=O)ON=C(C(=O)O)c1nc(N)sc1Br. The van der Waals surface area contributed by atoms with Crippen LogP contribution in [0.3, 0.4) is 0 Å². The fourth-order valence-corrected chi connectivity index (χ4v) is 2.09. The summed E-state index contributed by atoms with van der Waals surface area (Å²) < 4.78 is 0.401. The summed E-state index contributed by atoms with van der Waals surface area (Å²) >= 11 is 4.13. The van der Waals surface area contributed by atoms with E-state index in [-0.39, 0.29) is 10.8 Å². The molecule has 0 unspecified atom stereocenters. The van der Waals surface area contributed by atoms with E-state index in [1.54, 1.807) is 0 Å². The molecule has 0 atom stereocenters. The van der Waals surface area contributed by atoms with Gasteiger partial charge in [-0.1, -0.05) is 16.5 Å². The average molecular weight is 308 g/mol. The van der Waals surface area contributed by atoms with Crippen molar-refractivity contribution in [2.75, 3.05) is 5.73 Å². The summed E-state index contributed by atoms with van der Waals surface area (Å²) in [6.45, 7) is 1.10. The van der Waals surface area contributed by atoms with Crippen molar-refractivity contribution in [3.63, 3.8) is 0 Å². The maximum Gasteiger partial charge on any atom is 0.360 e. The molecule has 0 saturated carbocycles. The Labute approximate surface area is 102 Å². The number of oxime groups is 1. The molecule has 1 heterocycles. The largest absolute Gasteiger partial charge is 0.476 e. The van der Waals surface area contributed by atoms with Gasteiger partial charge in [0.2, 0.25) is 5.71 Å². The van der Waals surface area contributed by atoms with E-state index < -0.39 is 17.7 Å². The number of hydrogen-bond acceptors (Lipinski definition) is 7. The van der Waals surface area contributed by atoms with Crippen LogP contribution in [0.2, 0.25) is 0 Å². The molecule has 0 aliphatic carbocycles. The highest BCUT2D eigenvalue weighted by Gasteiger charge is 2.21. The van der Waals surface area contributed by atoms with Gasteiger partial charge < -0.3 is 15.7 Å². The van der Waals surface area contributed by atoms with Gasteiger partial charge in [0.15, 0.2) is 5.13 Å². The number of carboxylic acids is 1. The van der Waals surface area contributed by atoms with Crippen molar-refractivity contribution >= 4 is 50.0 Å². The van der Waals surface area contributed by atoms with Crippen LogP contribution in [-0.2, 0) is 14.4 Å². The van der Waals surface area contributed by atoms with Gasteiger partial charge in [0.1, 0.15) is 9.48 Å². The maximum absolute atomic E-state index is 10.9. The number of aromatic nitrogens is 1. The quantitative estimate of drug-likeness (QED) is 0.486. The minimum absolute atomic E-state index is 0.0243. The number of rotatable bonds is 3. The van der Waals surface area contributed by atoms with Crippen molar-refractivity contribution in [3.8, 4) is 0 Å². The van der Waals surface area contributed by atoms with E-state index in [0.717, 1.165) is 18.3 Å². The number of hydrogen-bond donors (Lipinski definition) is 2. The first-order valence-corrected chi connectivity index (χ1v) is 5.43. The molecule has 0 spiro atoms. The molecular weight excluding hydrogens is 302 g/mol. The van der Waals surface area contributed by atoms with Crippen LogP contribution in [0.5, 0.6) is 0 Å². The summed E-state index contributed by atoms with van der Waals surface area (Å²) in [5, 5.41) is 12.2. The number of nitrogens with zero attached hydrogens (tertiary/aromatic N) is 2. The zero-order chi connectivity index (χ0) is 12.3. The van der Waals surface area contributed by atoms with Crippen molar-refractivity contribution < 1.29 is 19.5 Å². The smallest absolute Gasteiger partial charge is 0.360 e. The lowest BCUT2D eigenvalue weighted by molar-refractivity contribution is -0.141. The Morgan fingerprint density at radius 3 is 2.62 bits per heavy atom. The van der Waals surface area contributed by atoms with Crippen LogP contribution in [-0.4, -0.2) is 27.7 Å². The van der Waals surface area contributed by atoms with Gasteiger partial charge in [-0.05, 0) is 15.9 Å². The number of carbonyl (C=O) groups excluding carboxylic acids is 1. The van der Waals surface area contributed by atoms with Gasteiger partial charge in [-0.25, -0.2) is 14.6 Å². The zero-order valence-corrected chi connectivity index (χ0v) is 10.3. The number of carboxylic acid groups (broad SMARTS) is 1. The Hall–Kier alpha value is -1.48. The Bertz CT molecular complexity index is 470. The van der Waals surface area contributed by atoms with Crippen molar-refractivity contribution in [2.24, 2.45) is 5.16 Å². The number of nitrogens with two attached hydrogens (primary N) is 1. The van der Waals surface area contributed by atoms with Crippen LogP contribution in [0.1, 0.15) is 12.6 Å². The normalized spacial score (nSPS) is 11.2. The summed E-state index contributed by atoms with van der Waals surface area (Å²) in [7, 11) is 0. The monoisotopic (exact) mass is 307 g/mol. The highest BCUT2D eigenvalue weighted by atomic mass is 79.9. The Morgan fingerprint density at radius 2 is 2.25 bits per heavy atom. The Morgan fingerprint density at radius 1 is 1.62 bits per heavy atom. The molecule has 0 aromatic carbocycles. The third-order valence-corrected chi connectivity index (χ3v) is 2.83. The van der Waals surface area contributed by atoms with Gasteiger partial charge in [-0.15, -0.1) is 0 Å². The molecule has 0 radical (unpaired) electrons. The lowest BCUT2D eigenvalue weighted by Gasteiger charge is -1.97. The molecule has 0 aliphatic rings. The van der Waals surface area contributed by atoms with Crippen molar-refractivity contribution in [1.29, 1.82) is 0 Å². The highest BCUT2D eigenvalue weighted by molar-refractivity contribution is 9.11. The summed E-state index contributed by atoms with van der Waals surface area (Å²) in [6.07, 6.45) is 0. The molecule has 1 aromatic rings. The summed E-state index contributed by atoms with van der Waals surface area (Å²) in [5.41, 5.74) is 4.93. The van der Waals surface area contributed by atoms with Crippen molar-refractivity contribution in [1.82, 2.24) is 4.98 Å². The van der Waals surface area contributed by atoms with Gasteiger partial charge >= 0.3 is 11.9 Å². The fourth-order valence-electron chi connectivity index (χ4n) is 0.757. The van der Waals surface area contributed by atoms with Crippen LogP contribution in [0, 0.1) is 0 Å². The number of aliphatic carboxylic acids is 1. The summed E-state index contributed by atoms with van der Waals surface area (Å²) in [4.78, 5) is 29.4. The molecular formula is C7H6BrN3O4S. The molecule has 0 bridgehead atoms. The predicted molar refractivity (Wildman–Crippen MR) is 60.2 cm³/mol. The molecule has 1 aromatic heterocycles. The minimum Gasteiger partial charge on any atom is -0.476 e. The Balaban J connectivity index is 3.12. The van der Waals surface area contributed by atoms with E-state index in [2.05, 4.69) is 30.9 Å². The van der Waals surface area contributed by atoms with Gasteiger partial charge in [-0.3, -0.25) is 0 Å². The number of thiazole rings is 1. The zero-order valence-electron chi connectivity index (χ0n) is 7.93. The predicted octanol–water partition coefficient (Wildman–Crippen LogP) is 0.840. The van der Waals surface area contributed by atoms with Crippen LogP contribution < -0.4 is 5.73 Å². The molecule has 16 heavy (non-hydrogen) atoms. The third kappa shape index (κ3) is 3.00. The van der Waals surface area contributed by atoms with Crippen LogP contribution in [0.25, 0.3) is 0 Å². The molecule has 9 heteroatoms. The standard InChI is InChI=1S/C7H6BrN3O4S/c1-2(12)15-11-4(6(13)14)3-5(8)16-7(9)10-3/h1H3,(H2,9,10)(H,13,14). The number of anilines is 1. The molecule has 3 N–H and O–H groups in total. The number of carbonyl (C=O) groups is 2. The van der Waals surface area contributed by atoms with E-state index in [0.29, 0.717) is 3.79 Å². The van der Waals surface area contributed by atoms with Crippen LogP contribution >= 0.6 is 27.3 Å². The molecule has 0 saturated heterocycles. The molecule has 0 amide bonds. The maximum atomic E-state index is 10.9. The van der Waals surface area contributed by atoms with E-state index in [9.17, 15) is 9.59 Å². The van der Waals surface area contributed by atoms with E-state index >= 15 is 0 Å². The van der Waals surface area contributed by atoms with Crippen molar-refractivity contribution in [2.45, 2.75) is 6.92 Å². The molecule has 86 valence electrons. The van der Waals surface area contributed by atoms with E-state index in [1.807, 2.05) is 0 Å².